The Kier molecular flexibility index (Phi) is 7.67. The van der Waals surface area contributed by atoms with Crippen LogP contribution in [0.5, 0.6) is 0 Å². The Balaban J connectivity index is 1.49. The molecule has 9 heteroatoms. The highest BCUT2D eigenvalue weighted by Gasteiger charge is 2.32. The number of nitrogens with one attached hydrogen (secondary N) is 2. The first kappa shape index (κ1) is 23.0. The molecule has 172 valence electrons. The van der Waals surface area contributed by atoms with Gasteiger partial charge in [-0.1, -0.05) is 11.6 Å². The number of anilines is 1. The van der Waals surface area contributed by atoms with Crippen molar-refractivity contribution in [2.24, 2.45) is 11.8 Å². The maximum Gasteiger partial charge on any atom is 0.165 e. The van der Waals surface area contributed by atoms with Crippen LogP contribution in [-0.2, 0) is 20.7 Å². The molecule has 2 aliphatic rings. The van der Waals surface area contributed by atoms with Gasteiger partial charge in [0.1, 0.15) is 5.78 Å². The Morgan fingerprint density at radius 3 is 2.94 bits per heavy atom. The van der Waals surface area contributed by atoms with Crippen LogP contribution >= 0.6 is 11.6 Å². The number of carbonyl (C=O) groups excluding carboxylic acids is 1. The van der Waals surface area contributed by atoms with Gasteiger partial charge in [-0.15, -0.1) is 0 Å². The van der Waals surface area contributed by atoms with E-state index in [0.29, 0.717) is 47.5 Å². The van der Waals surface area contributed by atoms with Gasteiger partial charge in [-0.3, -0.25) is 9.78 Å². The van der Waals surface area contributed by atoms with Gasteiger partial charge in [0.2, 0.25) is 0 Å². The maximum atomic E-state index is 14.4. The number of halogens is 2. The van der Waals surface area contributed by atoms with Crippen LogP contribution in [0.15, 0.2) is 24.4 Å². The Morgan fingerprint density at radius 2 is 2.16 bits per heavy atom. The summed E-state index contributed by atoms with van der Waals surface area (Å²) >= 11 is 6.39. The highest BCUT2D eigenvalue weighted by atomic mass is 35.5. The zero-order valence-corrected chi connectivity index (χ0v) is 18.8. The number of hydrogen-bond acceptors (Lipinski definition) is 7. The zero-order valence-electron chi connectivity index (χ0n) is 18.1. The van der Waals surface area contributed by atoms with Crippen molar-refractivity contribution < 1.29 is 18.7 Å². The van der Waals surface area contributed by atoms with Gasteiger partial charge in [-0.25, -0.2) is 9.37 Å². The second-order valence-corrected chi connectivity index (χ2v) is 8.71. The van der Waals surface area contributed by atoms with Crippen LogP contribution in [0.2, 0.25) is 5.02 Å². The van der Waals surface area contributed by atoms with Gasteiger partial charge in [-0.2, -0.15) is 0 Å². The minimum absolute atomic E-state index is 0.0634. The first-order valence-electron chi connectivity index (χ1n) is 10.9. The summed E-state index contributed by atoms with van der Waals surface area (Å²) in [5, 5.41) is 6.72. The quantitative estimate of drug-likeness (QED) is 0.623. The van der Waals surface area contributed by atoms with Crippen molar-refractivity contribution in [2.45, 2.75) is 25.4 Å². The lowest BCUT2D eigenvalue weighted by Gasteiger charge is -2.22. The third-order valence-corrected chi connectivity index (χ3v) is 6.46. The number of Topliss-reactive ketones (excluding diaryl/α,β-unsaturated/α-hetero) is 1. The van der Waals surface area contributed by atoms with Crippen molar-refractivity contribution >= 4 is 23.2 Å². The fraction of sp³-hybridized carbons (Fsp3) is 0.522. The third-order valence-electron chi connectivity index (χ3n) is 6.16. The van der Waals surface area contributed by atoms with Crippen LogP contribution in [0.1, 0.15) is 18.5 Å². The van der Waals surface area contributed by atoms with E-state index in [1.807, 2.05) is 0 Å². The highest BCUT2D eigenvalue weighted by Crippen LogP contribution is 2.29. The summed E-state index contributed by atoms with van der Waals surface area (Å²) in [7, 11) is 1.62. The molecule has 0 radical (unpaired) electrons. The van der Waals surface area contributed by atoms with E-state index < -0.39 is 5.82 Å². The Bertz CT molecular complexity index is 955. The largest absolute Gasteiger partial charge is 0.381 e. The molecule has 0 bridgehead atoms. The average Bonchev–Trinajstić information content (AvgIpc) is 3.30. The summed E-state index contributed by atoms with van der Waals surface area (Å²) in [5.41, 5.74) is 1.74. The molecule has 7 nitrogen and oxygen atoms in total. The smallest absolute Gasteiger partial charge is 0.165 e. The van der Waals surface area contributed by atoms with Crippen molar-refractivity contribution in [1.82, 2.24) is 15.3 Å². The highest BCUT2D eigenvalue weighted by molar-refractivity contribution is 6.33. The second kappa shape index (κ2) is 10.7. The Labute approximate surface area is 192 Å². The summed E-state index contributed by atoms with van der Waals surface area (Å²) in [6, 6.07) is 4.72. The number of carbonyl (C=O) groups is 1. The van der Waals surface area contributed by atoms with E-state index in [2.05, 4.69) is 20.6 Å². The van der Waals surface area contributed by atoms with E-state index >= 15 is 0 Å². The van der Waals surface area contributed by atoms with Crippen LogP contribution in [-0.4, -0.2) is 61.8 Å². The zero-order chi connectivity index (χ0) is 22.5. The first-order valence-corrected chi connectivity index (χ1v) is 11.3. The number of ketones is 1. The van der Waals surface area contributed by atoms with Crippen molar-refractivity contribution in [3.05, 3.63) is 40.9 Å². The van der Waals surface area contributed by atoms with E-state index in [-0.39, 0.29) is 30.0 Å². The summed E-state index contributed by atoms with van der Waals surface area (Å²) < 4.78 is 25.2. The van der Waals surface area contributed by atoms with Crippen molar-refractivity contribution in [1.29, 1.82) is 0 Å². The molecule has 0 aromatic carbocycles. The second-order valence-electron chi connectivity index (χ2n) is 8.30. The molecule has 0 saturated carbocycles. The number of methoxy groups -OCH3 is 1. The summed E-state index contributed by atoms with van der Waals surface area (Å²) in [5.74, 6) is 0.0660. The van der Waals surface area contributed by atoms with Crippen molar-refractivity contribution in [3.63, 3.8) is 0 Å². The molecule has 0 spiro atoms. The minimum atomic E-state index is -0.416. The Morgan fingerprint density at radius 1 is 1.34 bits per heavy atom. The molecule has 32 heavy (non-hydrogen) atoms. The number of hydrogen-bond donors (Lipinski definition) is 2. The van der Waals surface area contributed by atoms with Gasteiger partial charge in [0, 0.05) is 63.8 Å². The number of nitrogens with zero attached hydrogens (tertiary/aromatic N) is 2. The molecule has 2 N–H and O–H groups in total. The lowest BCUT2D eigenvalue weighted by atomic mass is 9.96. The van der Waals surface area contributed by atoms with Gasteiger partial charge in [0.25, 0.3) is 0 Å². The van der Waals surface area contributed by atoms with Gasteiger partial charge < -0.3 is 20.1 Å². The molecule has 2 fully saturated rings. The van der Waals surface area contributed by atoms with Crippen LogP contribution in [0.4, 0.5) is 10.2 Å². The third kappa shape index (κ3) is 5.43. The topological polar surface area (TPSA) is 85.4 Å². The fourth-order valence-electron chi connectivity index (χ4n) is 4.22. The molecule has 2 aliphatic heterocycles. The number of ether oxygens (including phenoxy) is 2. The van der Waals surface area contributed by atoms with E-state index in [1.54, 1.807) is 19.2 Å². The molecular weight excluding hydrogens is 435 g/mol. The normalized spacial score (nSPS) is 21.6. The number of aromatic nitrogens is 2. The molecule has 4 rings (SSSR count). The predicted octanol–water partition coefficient (Wildman–Crippen LogP) is 3.12. The van der Waals surface area contributed by atoms with Gasteiger partial charge in [0.15, 0.2) is 11.6 Å². The summed E-state index contributed by atoms with van der Waals surface area (Å²) in [4.78, 5) is 21.6. The molecule has 2 aromatic heterocycles. The van der Waals surface area contributed by atoms with Gasteiger partial charge in [-0.05, 0) is 37.0 Å². The first-order chi connectivity index (χ1) is 15.5. The lowest BCUT2D eigenvalue weighted by Crippen LogP contribution is -2.29. The van der Waals surface area contributed by atoms with E-state index in [1.165, 1.54) is 12.3 Å². The van der Waals surface area contributed by atoms with Crippen molar-refractivity contribution in [3.8, 4) is 11.3 Å². The molecule has 2 saturated heterocycles. The van der Waals surface area contributed by atoms with Crippen molar-refractivity contribution in [2.75, 3.05) is 45.3 Å². The van der Waals surface area contributed by atoms with Crippen LogP contribution in [0.25, 0.3) is 11.3 Å². The molecular formula is C23H28ClFN4O3. The van der Waals surface area contributed by atoms with Gasteiger partial charge in [0.05, 0.1) is 22.7 Å². The molecule has 2 aromatic rings. The monoisotopic (exact) mass is 462 g/mol. The fourth-order valence-corrected chi connectivity index (χ4v) is 4.42. The molecule has 4 heterocycles. The molecule has 0 aliphatic carbocycles. The van der Waals surface area contributed by atoms with Crippen LogP contribution < -0.4 is 10.6 Å². The summed E-state index contributed by atoms with van der Waals surface area (Å²) in [6.45, 7) is 3.36. The van der Waals surface area contributed by atoms with E-state index in [9.17, 15) is 9.18 Å². The number of pyridine rings is 2. The van der Waals surface area contributed by atoms with Gasteiger partial charge >= 0.3 is 0 Å². The predicted molar refractivity (Wildman–Crippen MR) is 120 cm³/mol. The van der Waals surface area contributed by atoms with Crippen LogP contribution in [0.3, 0.4) is 0 Å². The van der Waals surface area contributed by atoms with E-state index in [4.69, 9.17) is 21.1 Å². The minimum Gasteiger partial charge on any atom is -0.381 e. The molecule has 0 amide bonds. The molecule has 2 atom stereocenters. The maximum absolute atomic E-state index is 14.4. The number of rotatable bonds is 8. The SMILES string of the molecule is CO[C@H]1CNC[C@@H]1C(=O)Cc1cc(-c2ccc(F)c(NCC3CCOCC3)n2)c(Cl)cn1. The van der Waals surface area contributed by atoms with E-state index in [0.717, 1.165) is 26.1 Å². The standard InChI is InChI=1S/C23H28ClFN4O3/c1-31-22-13-26-11-17(22)21(30)9-15-8-16(18(24)12-27-15)20-3-2-19(25)23(29-20)28-10-14-4-6-32-7-5-14/h2-3,8,12,14,17,22,26H,4-7,9-11,13H2,1H3,(H,28,29)/t17-,22+/m1/s1. The average molecular weight is 463 g/mol. The Hall–Kier alpha value is -2.13. The molecule has 0 unspecified atom stereocenters. The lowest BCUT2D eigenvalue weighted by molar-refractivity contribution is -0.124. The van der Waals surface area contributed by atoms with Crippen LogP contribution in [0, 0.1) is 17.7 Å². The summed E-state index contributed by atoms with van der Waals surface area (Å²) in [6.07, 6.45) is 3.45.